The van der Waals surface area contributed by atoms with Crippen LogP contribution in [0.3, 0.4) is 0 Å². The molecule has 0 saturated heterocycles. The Labute approximate surface area is 149 Å². The highest BCUT2D eigenvalue weighted by Gasteiger charge is 2.38. The number of benzene rings is 2. The van der Waals surface area contributed by atoms with Crippen LogP contribution in [0, 0.1) is 28.5 Å². The number of hydrogen-bond donors (Lipinski definition) is 2. The van der Waals surface area contributed by atoms with Crippen molar-refractivity contribution in [2.45, 2.75) is 6.18 Å². The molecule has 2 N–H and O–H groups in total. The van der Waals surface area contributed by atoms with E-state index in [4.69, 9.17) is 22.1 Å². The monoisotopic (exact) mass is 382 g/mol. The molecule has 0 aromatic heterocycles. The smallest absolute Gasteiger partial charge is 0.298 e. The molecule has 0 aliphatic carbocycles. The molecule has 1 amide bonds. The highest BCUT2D eigenvalue weighted by molar-refractivity contribution is 6.32. The Morgan fingerprint density at radius 3 is 2.23 bits per heavy atom. The molecule has 26 heavy (non-hydrogen) atoms. The number of anilines is 1. The van der Waals surface area contributed by atoms with Crippen LogP contribution in [0.25, 0.3) is 0 Å². The number of nitriles is 2. The minimum Gasteiger partial charge on any atom is -0.298 e. The first kappa shape index (κ1) is 19.0. The van der Waals surface area contributed by atoms with Crippen LogP contribution in [-0.2, 0) is 6.18 Å². The molecule has 0 aliphatic heterocycles. The van der Waals surface area contributed by atoms with Crippen LogP contribution in [0.1, 0.15) is 27.0 Å². The van der Waals surface area contributed by atoms with Crippen molar-refractivity contribution < 1.29 is 22.4 Å². The van der Waals surface area contributed by atoms with Crippen molar-refractivity contribution >= 4 is 23.2 Å². The number of hydrogen-bond acceptors (Lipinski definition) is 4. The molecular formula is C16H7ClF4N4O. The van der Waals surface area contributed by atoms with E-state index >= 15 is 0 Å². The van der Waals surface area contributed by atoms with Crippen LogP contribution >= 0.6 is 11.6 Å². The molecule has 0 atom stereocenters. The highest BCUT2D eigenvalue weighted by Crippen LogP contribution is 2.37. The summed E-state index contributed by atoms with van der Waals surface area (Å²) in [5.74, 6) is -2.62. The Bertz CT molecular complexity index is 960. The molecule has 0 bridgehead atoms. The highest BCUT2D eigenvalue weighted by atomic mass is 35.5. The first-order valence-corrected chi connectivity index (χ1v) is 7.12. The van der Waals surface area contributed by atoms with E-state index in [1.165, 1.54) is 18.2 Å². The van der Waals surface area contributed by atoms with Crippen molar-refractivity contribution in [1.82, 2.24) is 5.43 Å². The summed E-state index contributed by atoms with van der Waals surface area (Å²) in [6.07, 6.45) is -5.10. The number of carbonyl (C=O) groups is 1. The Kier molecular flexibility index (Phi) is 5.34. The fourth-order valence-electron chi connectivity index (χ4n) is 1.99. The van der Waals surface area contributed by atoms with Gasteiger partial charge < -0.3 is 0 Å². The van der Waals surface area contributed by atoms with Gasteiger partial charge in [-0.3, -0.25) is 15.6 Å². The van der Waals surface area contributed by atoms with Crippen LogP contribution in [0.5, 0.6) is 0 Å². The van der Waals surface area contributed by atoms with Crippen molar-refractivity contribution in [1.29, 1.82) is 10.5 Å². The predicted molar refractivity (Wildman–Crippen MR) is 83.4 cm³/mol. The van der Waals surface area contributed by atoms with Crippen LogP contribution in [-0.4, -0.2) is 5.91 Å². The number of amides is 1. The minimum absolute atomic E-state index is 0.0134. The molecule has 0 heterocycles. The second-order valence-corrected chi connectivity index (χ2v) is 5.25. The second-order valence-electron chi connectivity index (χ2n) is 4.84. The first-order valence-electron chi connectivity index (χ1n) is 6.74. The molecule has 2 rings (SSSR count). The number of nitrogens with zero attached hydrogens (tertiary/aromatic N) is 2. The van der Waals surface area contributed by atoms with E-state index in [2.05, 4.69) is 0 Å². The third-order valence-corrected chi connectivity index (χ3v) is 3.52. The summed E-state index contributed by atoms with van der Waals surface area (Å²) in [4.78, 5) is 12.0. The molecule has 2 aromatic carbocycles. The van der Waals surface area contributed by atoms with Crippen LogP contribution in [0.4, 0.5) is 23.2 Å². The summed E-state index contributed by atoms with van der Waals surface area (Å²) in [5, 5.41) is 17.4. The Hall–Kier alpha value is -3.30. The summed E-state index contributed by atoms with van der Waals surface area (Å²) in [5.41, 5.74) is 0.763. The lowest BCUT2D eigenvalue weighted by atomic mass is 10.1. The van der Waals surface area contributed by atoms with E-state index < -0.39 is 34.7 Å². The maximum Gasteiger partial charge on any atom is 0.421 e. The summed E-state index contributed by atoms with van der Waals surface area (Å²) in [6.45, 7) is 0. The normalized spacial score (nSPS) is 10.6. The number of hydrazine groups is 1. The largest absolute Gasteiger partial charge is 0.421 e. The molecule has 10 heteroatoms. The van der Waals surface area contributed by atoms with Crippen LogP contribution in [0.2, 0.25) is 5.02 Å². The van der Waals surface area contributed by atoms with Gasteiger partial charge in [-0.15, -0.1) is 0 Å². The van der Waals surface area contributed by atoms with Gasteiger partial charge >= 0.3 is 6.18 Å². The van der Waals surface area contributed by atoms with Gasteiger partial charge in [-0.25, -0.2) is 4.39 Å². The van der Waals surface area contributed by atoms with Gasteiger partial charge in [-0.1, -0.05) is 11.6 Å². The Morgan fingerprint density at radius 1 is 1.08 bits per heavy atom. The van der Waals surface area contributed by atoms with Gasteiger partial charge in [0.2, 0.25) is 0 Å². The van der Waals surface area contributed by atoms with E-state index in [0.717, 1.165) is 18.2 Å². The average molecular weight is 383 g/mol. The molecule has 0 aliphatic rings. The average Bonchev–Trinajstić information content (AvgIpc) is 2.58. The van der Waals surface area contributed by atoms with Gasteiger partial charge in [0.05, 0.1) is 21.8 Å². The summed E-state index contributed by atoms with van der Waals surface area (Å²) >= 11 is 5.78. The topological polar surface area (TPSA) is 88.7 Å². The standard InChI is InChI=1S/C16H7ClF4N4O/c17-11-5-8(1-2-9(11)6-22)15(26)25-24-12-4-3-10(7-23)14(18)13(12)16(19,20)21/h1-5,24H,(H,25,26). The number of rotatable bonds is 3. The SMILES string of the molecule is N#Cc1ccc(C(=O)NNc2ccc(C#N)c(F)c2C(F)(F)F)cc1Cl. The van der Waals surface area contributed by atoms with Crippen molar-refractivity contribution in [3.63, 3.8) is 0 Å². The van der Waals surface area contributed by atoms with E-state index in [0.29, 0.717) is 0 Å². The number of nitrogens with one attached hydrogen (secondary N) is 2. The number of carbonyl (C=O) groups excluding carboxylic acids is 1. The van der Waals surface area contributed by atoms with Crippen molar-refractivity contribution in [2.24, 2.45) is 0 Å². The van der Waals surface area contributed by atoms with Crippen LogP contribution < -0.4 is 10.9 Å². The molecule has 2 aromatic rings. The molecule has 0 fully saturated rings. The number of alkyl halides is 3. The van der Waals surface area contributed by atoms with Gasteiger partial charge in [0, 0.05) is 5.56 Å². The molecule has 132 valence electrons. The molecule has 0 radical (unpaired) electrons. The van der Waals surface area contributed by atoms with Crippen molar-refractivity contribution in [2.75, 3.05) is 5.43 Å². The molecular weight excluding hydrogens is 376 g/mol. The van der Waals surface area contributed by atoms with E-state index in [9.17, 15) is 22.4 Å². The molecule has 0 spiro atoms. The minimum atomic E-state index is -5.10. The number of halogens is 5. The Balaban J connectivity index is 2.29. The lowest BCUT2D eigenvalue weighted by Crippen LogP contribution is -2.31. The van der Waals surface area contributed by atoms with Gasteiger partial charge in [0.15, 0.2) is 5.82 Å². The fraction of sp³-hybridized carbons (Fsp3) is 0.0625. The van der Waals surface area contributed by atoms with E-state index in [1.54, 1.807) is 6.07 Å². The van der Waals surface area contributed by atoms with E-state index in [-0.39, 0.29) is 16.1 Å². The van der Waals surface area contributed by atoms with Gasteiger partial charge in [0.1, 0.15) is 17.7 Å². The molecule has 0 unspecified atom stereocenters. The summed E-state index contributed by atoms with van der Waals surface area (Å²) in [7, 11) is 0. The van der Waals surface area contributed by atoms with Gasteiger partial charge in [-0.05, 0) is 30.3 Å². The summed E-state index contributed by atoms with van der Waals surface area (Å²) in [6, 6.07) is 8.42. The maximum absolute atomic E-state index is 13.9. The third kappa shape index (κ3) is 3.85. The zero-order valence-electron chi connectivity index (χ0n) is 12.6. The lowest BCUT2D eigenvalue weighted by molar-refractivity contribution is -0.139. The van der Waals surface area contributed by atoms with Crippen molar-refractivity contribution in [3.05, 3.63) is 63.4 Å². The van der Waals surface area contributed by atoms with Gasteiger partial charge in [-0.2, -0.15) is 23.7 Å². The molecule has 5 nitrogen and oxygen atoms in total. The molecule has 0 saturated carbocycles. The van der Waals surface area contributed by atoms with Crippen molar-refractivity contribution in [3.8, 4) is 12.1 Å². The predicted octanol–water partition coefficient (Wildman–Crippen LogP) is 4.00. The quantitative estimate of drug-likeness (QED) is 0.620. The summed E-state index contributed by atoms with van der Waals surface area (Å²) < 4.78 is 53.0. The zero-order valence-corrected chi connectivity index (χ0v) is 13.3. The fourth-order valence-corrected chi connectivity index (χ4v) is 2.21. The zero-order chi connectivity index (χ0) is 19.5. The van der Waals surface area contributed by atoms with E-state index in [1.807, 2.05) is 10.9 Å². The van der Waals surface area contributed by atoms with Gasteiger partial charge in [0.25, 0.3) is 5.91 Å². The third-order valence-electron chi connectivity index (χ3n) is 3.21. The second kappa shape index (κ2) is 7.30. The van der Waals surface area contributed by atoms with Crippen LogP contribution in [0.15, 0.2) is 30.3 Å². The Morgan fingerprint density at radius 2 is 1.69 bits per heavy atom. The lowest BCUT2D eigenvalue weighted by Gasteiger charge is -2.16. The first-order chi connectivity index (χ1) is 12.2. The maximum atomic E-state index is 13.9.